The van der Waals surface area contributed by atoms with Crippen molar-refractivity contribution < 1.29 is 4.42 Å². The zero-order valence-electron chi connectivity index (χ0n) is 16.7. The summed E-state index contributed by atoms with van der Waals surface area (Å²) in [5.41, 5.74) is 4.40. The van der Waals surface area contributed by atoms with Gasteiger partial charge in [-0.2, -0.15) is 0 Å². The average Bonchev–Trinajstić information content (AvgIpc) is 2.77. The standard InChI is InChI=1S/C24H20N4O2/c1-28(2)18-8-7-15-11-17(24(29)30-21(15)13-18)14-27-20-12-16-5-3-9-25-22(16)23-19(20)6-4-10-26-23/h3-13,27H,14H2,1-2H3. The fourth-order valence-corrected chi connectivity index (χ4v) is 3.66. The van der Waals surface area contributed by atoms with Gasteiger partial charge in [-0.05, 0) is 42.5 Å². The highest BCUT2D eigenvalue weighted by atomic mass is 16.4. The molecule has 0 amide bonds. The number of anilines is 2. The van der Waals surface area contributed by atoms with Gasteiger partial charge in [0.05, 0.1) is 16.6 Å². The van der Waals surface area contributed by atoms with Crippen LogP contribution in [0.4, 0.5) is 11.4 Å². The summed E-state index contributed by atoms with van der Waals surface area (Å²) in [6.07, 6.45) is 3.53. The summed E-state index contributed by atoms with van der Waals surface area (Å²) in [5, 5.41) is 6.25. The van der Waals surface area contributed by atoms with E-state index in [1.54, 1.807) is 12.4 Å². The van der Waals surface area contributed by atoms with E-state index in [0.29, 0.717) is 17.7 Å². The van der Waals surface area contributed by atoms with Crippen LogP contribution in [0.25, 0.3) is 32.8 Å². The normalized spacial score (nSPS) is 11.3. The van der Waals surface area contributed by atoms with Gasteiger partial charge in [0.1, 0.15) is 5.58 Å². The minimum absolute atomic E-state index is 0.337. The van der Waals surface area contributed by atoms with E-state index < -0.39 is 0 Å². The molecule has 3 heterocycles. The number of rotatable bonds is 4. The largest absolute Gasteiger partial charge is 0.422 e. The third-order valence-electron chi connectivity index (χ3n) is 5.24. The quantitative estimate of drug-likeness (QED) is 0.354. The molecule has 0 fully saturated rings. The topological polar surface area (TPSA) is 71.3 Å². The summed E-state index contributed by atoms with van der Waals surface area (Å²) in [6.45, 7) is 0.351. The van der Waals surface area contributed by atoms with Crippen LogP contribution in [0, 0.1) is 0 Å². The second-order valence-corrected chi connectivity index (χ2v) is 7.43. The number of hydrogen-bond donors (Lipinski definition) is 1. The highest BCUT2D eigenvalue weighted by Crippen LogP contribution is 2.29. The Morgan fingerprint density at radius 3 is 2.57 bits per heavy atom. The van der Waals surface area contributed by atoms with Crippen LogP contribution in [0.5, 0.6) is 0 Å². The lowest BCUT2D eigenvalue weighted by atomic mass is 10.1. The van der Waals surface area contributed by atoms with Crippen LogP contribution in [0.1, 0.15) is 5.56 Å². The number of benzene rings is 2. The first-order chi connectivity index (χ1) is 14.6. The Hall–Kier alpha value is -3.93. The summed E-state index contributed by atoms with van der Waals surface area (Å²) >= 11 is 0. The molecule has 0 bridgehead atoms. The van der Waals surface area contributed by atoms with Gasteiger partial charge in [-0.15, -0.1) is 0 Å². The molecule has 0 aliphatic carbocycles. The first-order valence-corrected chi connectivity index (χ1v) is 9.70. The van der Waals surface area contributed by atoms with E-state index in [2.05, 4.69) is 15.3 Å². The fraction of sp³-hybridized carbons (Fsp3) is 0.125. The van der Waals surface area contributed by atoms with E-state index in [0.717, 1.165) is 38.6 Å². The minimum atomic E-state index is -0.337. The van der Waals surface area contributed by atoms with Crippen LogP contribution in [0.15, 0.2) is 76.2 Å². The van der Waals surface area contributed by atoms with Crippen molar-refractivity contribution in [1.82, 2.24) is 9.97 Å². The molecular formula is C24H20N4O2. The van der Waals surface area contributed by atoms with Gasteiger partial charge in [-0.25, -0.2) is 4.79 Å². The van der Waals surface area contributed by atoms with E-state index in [-0.39, 0.29) is 5.63 Å². The second kappa shape index (κ2) is 7.15. The van der Waals surface area contributed by atoms with Crippen LogP contribution < -0.4 is 15.8 Å². The monoisotopic (exact) mass is 396 g/mol. The van der Waals surface area contributed by atoms with E-state index in [1.807, 2.05) is 73.6 Å². The Bertz CT molecular complexity index is 1460. The van der Waals surface area contributed by atoms with Crippen molar-refractivity contribution >= 4 is 44.1 Å². The summed E-state index contributed by atoms with van der Waals surface area (Å²) in [6, 6.07) is 17.6. The van der Waals surface area contributed by atoms with Crippen molar-refractivity contribution in [3.8, 4) is 0 Å². The predicted octanol–water partition coefficient (Wildman–Crippen LogP) is 4.57. The van der Waals surface area contributed by atoms with Crippen molar-refractivity contribution in [2.45, 2.75) is 6.54 Å². The predicted molar refractivity (Wildman–Crippen MR) is 121 cm³/mol. The molecule has 0 aliphatic heterocycles. The van der Waals surface area contributed by atoms with E-state index >= 15 is 0 Å². The number of fused-ring (bicyclic) bond motifs is 4. The van der Waals surface area contributed by atoms with Gasteiger partial charge in [0.25, 0.3) is 0 Å². The maximum Gasteiger partial charge on any atom is 0.341 e. The Morgan fingerprint density at radius 2 is 1.73 bits per heavy atom. The van der Waals surface area contributed by atoms with Gasteiger partial charge in [0.2, 0.25) is 0 Å². The lowest BCUT2D eigenvalue weighted by Gasteiger charge is -2.13. The van der Waals surface area contributed by atoms with E-state index in [1.165, 1.54) is 0 Å². The molecule has 148 valence electrons. The molecule has 0 saturated heterocycles. The Balaban J connectivity index is 1.53. The van der Waals surface area contributed by atoms with Crippen molar-refractivity contribution in [3.05, 3.63) is 83.0 Å². The van der Waals surface area contributed by atoms with Gasteiger partial charge in [0, 0.05) is 66.6 Å². The molecule has 0 unspecified atom stereocenters. The third-order valence-corrected chi connectivity index (χ3v) is 5.24. The summed E-state index contributed by atoms with van der Waals surface area (Å²) in [5.74, 6) is 0. The summed E-state index contributed by atoms with van der Waals surface area (Å²) < 4.78 is 5.59. The van der Waals surface area contributed by atoms with Crippen LogP contribution in [0.2, 0.25) is 0 Å². The zero-order chi connectivity index (χ0) is 20.7. The molecule has 2 aromatic carbocycles. The molecular weight excluding hydrogens is 376 g/mol. The Kier molecular flexibility index (Phi) is 4.32. The first-order valence-electron chi connectivity index (χ1n) is 9.70. The molecule has 1 N–H and O–H groups in total. The van der Waals surface area contributed by atoms with Gasteiger partial charge in [-0.3, -0.25) is 9.97 Å². The van der Waals surface area contributed by atoms with Crippen molar-refractivity contribution in [2.75, 3.05) is 24.3 Å². The smallest absolute Gasteiger partial charge is 0.341 e. The van der Waals surface area contributed by atoms with E-state index in [9.17, 15) is 4.79 Å². The molecule has 0 radical (unpaired) electrons. The molecule has 3 aromatic heterocycles. The maximum absolute atomic E-state index is 12.6. The highest BCUT2D eigenvalue weighted by Gasteiger charge is 2.11. The van der Waals surface area contributed by atoms with Crippen molar-refractivity contribution in [2.24, 2.45) is 0 Å². The number of hydrogen-bond acceptors (Lipinski definition) is 6. The van der Waals surface area contributed by atoms with Crippen LogP contribution in [-0.4, -0.2) is 24.1 Å². The van der Waals surface area contributed by atoms with Crippen molar-refractivity contribution in [3.63, 3.8) is 0 Å². The maximum atomic E-state index is 12.6. The number of pyridine rings is 2. The van der Waals surface area contributed by atoms with Crippen LogP contribution in [-0.2, 0) is 6.54 Å². The molecule has 6 nitrogen and oxygen atoms in total. The average molecular weight is 396 g/mol. The molecule has 30 heavy (non-hydrogen) atoms. The first kappa shape index (κ1) is 18.1. The molecule has 6 heteroatoms. The van der Waals surface area contributed by atoms with Gasteiger partial charge >= 0.3 is 5.63 Å². The van der Waals surface area contributed by atoms with E-state index in [4.69, 9.17) is 4.42 Å². The molecule has 5 rings (SSSR count). The molecule has 0 spiro atoms. The SMILES string of the molecule is CN(C)c1ccc2cc(CNc3cc4cccnc4c4ncccc34)c(=O)oc2c1. The second-order valence-electron chi connectivity index (χ2n) is 7.43. The minimum Gasteiger partial charge on any atom is -0.422 e. The lowest BCUT2D eigenvalue weighted by Crippen LogP contribution is -2.12. The van der Waals surface area contributed by atoms with Crippen LogP contribution in [0.3, 0.4) is 0 Å². The van der Waals surface area contributed by atoms with Gasteiger partial charge < -0.3 is 14.6 Å². The fourth-order valence-electron chi connectivity index (χ4n) is 3.66. The third kappa shape index (κ3) is 3.12. The summed E-state index contributed by atoms with van der Waals surface area (Å²) in [7, 11) is 3.91. The Labute approximate surface area is 172 Å². The molecule has 0 aliphatic rings. The number of nitrogens with one attached hydrogen (secondary N) is 1. The highest BCUT2D eigenvalue weighted by molar-refractivity contribution is 6.08. The van der Waals surface area contributed by atoms with Crippen molar-refractivity contribution in [1.29, 1.82) is 0 Å². The Morgan fingerprint density at radius 1 is 0.933 bits per heavy atom. The van der Waals surface area contributed by atoms with Gasteiger partial charge in [-0.1, -0.05) is 6.07 Å². The zero-order valence-corrected chi connectivity index (χ0v) is 16.7. The number of nitrogens with zero attached hydrogens (tertiary/aromatic N) is 3. The van der Waals surface area contributed by atoms with Gasteiger partial charge in [0.15, 0.2) is 0 Å². The molecule has 5 aromatic rings. The number of aromatic nitrogens is 2. The molecule has 0 atom stereocenters. The molecule has 0 saturated carbocycles. The van der Waals surface area contributed by atoms with Crippen LogP contribution >= 0.6 is 0 Å². The summed E-state index contributed by atoms with van der Waals surface area (Å²) in [4.78, 5) is 23.5. The lowest BCUT2D eigenvalue weighted by molar-refractivity contribution is 0.552.